The van der Waals surface area contributed by atoms with E-state index in [1.54, 1.807) is 0 Å². The van der Waals surface area contributed by atoms with Crippen LogP contribution >= 0.6 is 0 Å². The highest BCUT2D eigenvalue weighted by molar-refractivity contribution is 5.69. The van der Waals surface area contributed by atoms with Gasteiger partial charge in [0.2, 0.25) is 0 Å². The Bertz CT molecular complexity index is 587. The first-order chi connectivity index (χ1) is 9.04. The van der Waals surface area contributed by atoms with E-state index in [-0.39, 0.29) is 5.82 Å². The van der Waals surface area contributed by atoms with Crippen molar-refractivity contribution < 1.29 is 4.39 Å². The molecule has 0 bridgehead atoms. The molecule has 2 aromatic rings. The Kier molecular flexibility index (Phi) is 4.00. The van der Waals surface area contributed by atoms with Crippen LogP contribution in [0.3, 0.4) is 0 Å². The van der Waals surface area contributed by atoms with Crippen LogP contribution in [0.4, 0.5) is 4.39 Å². The predicted octanol–water partition coefficient (Wildman–Crippen LogP) is 2.95. The molecule has 2 rings (SSSR count). The van der Waals surface area contributed by atoms with Crippen LogP contribution in [0, 0.1) is 19.7 Å². The standard InChI is InChI=1S/C15H20FN3/c1-5-17-9-13-8-12(6-7-14(13)16)15-10(2)18-19(4)11(15)3/h6-8,17H,5,9H2,1-4H3. The molecule has 1 N–H and O–H groups in total. The van der Waals surface area contributed by atoms with Crippen molar-refractivity contribution in [2.75, 3.05) is 6.54 Å². The first-order valence-corrected chi connectivity index (χ1v) is 6.54. The summed E-state index contributed by atoms with van der Waals surface area (Å²) in [6.45, 7) is 7.40. The van der Waals surface area contributed by atoms with Gasteiger partial charge in [0.1, 0.15) is 5.82 Å². The smallest absolute Gasteiger partial charge is 0.127 e. The number of rotatable bonds is 4. The van der Waals surface area contributed by atoms with Gasteiger partial charge in [-0.05, 0) is 38.1 Å². The van der Waals surface area contributed by atoms with Crippen LogP contribution < -0.4 is 5.32 Å². The molecule has 3 nitrogen and oxygen atoms in total. The van der Waals surface area contributed by atoms with Gasteiger partial charge in [0.15, 0.2) is 0 Å². The first-order valence-electron chi connectivity index (χ1n) is 6.54. The van der Waals surface area contributed by atoms with Gasteiger partial charge in [0.05, 0.1) is 5.69 Å². The van der Waals surface area contributed by atoms with Gasteiger partial charge in [0.25, 0.3) is 0 Å². The Morgan fingerprint density at radius 2 is 2.05 bits per heavy atom. The third-order valence-corrected chi connectivity index (χ3v) is 3.41. The molecular weight excluding hydrogens is 241 g/mol. The molecule has 0 fully saturated rings. The largest absolute Gasteiger partial charge is 0.313 e. The average Bonchev–Trinajstić information content (AvgIpc) is 2.63. The van der Waals surface area contributed by atoms with Crippen molar-refractivity contribution in [3.05, 3.63) is 41.0 Å². The highest BCUT2D eigenvalue weighted by Gasteiger charge is 2.13. The molecule has 4 heteroatoms. The van der Waals surface area contributed by atoms with Crippen LogP contribution in [-0.2, 0) is 13.6 Å². The molecule has 1 aromatic heterocycles. The van der Waals surface area contributed by atoms with E-state index >= 15 is 0 Å². The van der Waals surface area contributed by atoms with Crippen molar-refractivity contribution in [1.29, 1.82) is 0 Å². The topological polar surface area (TPSA) is 29.9 Å². The fourth-order valence-corrected chi connectivity index (χ4v) is 2.32. The Labute approximate surface area is 113 Å². The summed E-state index contributed by atoms with van der Waals surface area (Å²) in [5, 5.41) is 7.57. The van der Waals surface area contributed by atoms with Gasteiger partial charge in [-0.15, -0.1) is 0 Å². The molecular formula is C15H20FN3. The minimum atomic E-state index is -0.163. The number of halogens is 1. The Hall–Kier alpha value is -1.68. The Morgan fingerprint density at radius 3 is 2.63 bits per heavy atom. The first kappa shape index (κ1) is 13.7. The van der Waals surface area contributed by atoms with E-state index < -0.39 is 0 Å². The normalized spacial score (nSPS) is 11.0. The fourth-order valence-electron chi connectivity index (χ4n) is 2.32. The van der Waals surface area contributed by atoms with Crippen molar-refractivity contribution in [1.82, 2.24) is 15.1 Å². The number of hydrogen-bond donors (Lipinski definition) is 1. The van der Waals surface area contributed by atoms with Crippen molar-refractivity contribution in [3.8, 4) is 11.1 Å². The van der Waals surface area contributed by atoms with Gasteiger partial charge < -0.3 is 5.32 Å². The SMILES string of the molecule is CCNCc1cc(-c2c(C)nn(C)c2C)ccc1F. The van der Waals surface area contributed by atoms with Crippen molar-refractivity contribution >= 4 is 0 Å². The molecule has 0 atom stereocenters. The lowest BCUT2D eigenvalue weighted by Crippen LogP contribution is -2.13. The number of aromatic nitrogens is 2. The zero-order chi connectivity index (χ0) is 14.0. The molecule has 0 aliphatic rings. The number of hydrogen-bond acceptors (Lipinski definition) is 2. The van der Waals surface area contributed by atoms with E-state index in [1.165, 1.54) is 6.07 Å². The second kappa shape index (κ2) is 5.53. The van der Waals surface area contributed by atoms with Gasteiger partial charge in [0, 0.05) is 30.4 Å². The van der Waals surface area contributed by atoms with E-state index in [0.29, 0.717) is 12.1 Å². The van der Waals surface area contributed by atoms with E-state index in [0.717, 1.165) is 29.1 Å². The molecule has 0 aliphatic heterocycles. The summed E-state index contributed by atoms with van der Waals surface area (Å²) in [5.74, 6) is -0.163. The molecule has 1 heterocycles. The molecule has 0 radical (unpaired) electrons. The zero-order valence-electron chi connectivity index (χ0n) is 11.9. The monoisotopic (exact) mass is 261 g/mol. The van der Waals surface area contributed by atoms with E-state index in [9.17, 15) is 4.39 Å². The van der Waals surface area contributed by atoms with Gasteiger partial charge in [-0.2, -0.15) is 5.10 Å². The Balaban J connectivity index is 2.45. The maximum Gasteiger partial charge on any atom is 0.127 e. The molecule has 0 spiro atoms. The molecule has 0 saturated heterocycles. The van der Waals surface area contributed by atoms with Crippen molar-refractivity contribution in [3.63, 3.8) is 0 Å². The highest BCUT2D eigenvalue weighted by Crippen LogP contribution is 2.28. The van der Waals surface area contributed by atoms with Gasteiger partial charge in [-0.25, -0.2) is 4.39 Å². The molecule has 19 heavy (non-hydrogen) atoms. The summed E-state index contributed by atoms with van der Waals surface area (Å²) >= 11 is 0. The lowest BCUT2D eigenvalue weighted by molar-refractivity contribution is 0.593. The molecule has 0 amide bonds. The highest BCUT2D eigenvalue weighted by atomic mass is 19.1. The maximum atomic E-state index is 13.8. The number of aryl methyl sites for hydroxylation is 2. The summed E-state index contributed by atoms with van der Waals surface area (Å²) in [4.78, 5) is 0. The van der Waals surface area contributed by atoms with Gasteiger partial charge in [-0.3, -0.25) is 4.68 Å². The van der Waals surface area contributed by atoms with E-state index in [4.69, 9.17) is 0 Å². The summed E-state index contributed by atoms with van der Waals surface area (Å²) in [6.07, 6.45) is 0. The minimum absolute atomic E-state index is 0.163. The molecule has 0 aliphatic carbocycles. The number of nitrogens with zero attached hydrogens (tertiary/aromatic N) is 2. The lowest BCUT2D eigenvalue weighted by atomic mass is 10.0. The minimum Gasteiger partial charge on any atom is -0.313 e. The van der Waals surface area contributed by atoms with E-state index in [2.05, 4.69) is 10.4 Å². The van der Waals surface area contributed by atoms with Gasteiger partial charge >= 0.3 is 0 Å². The fraction of sp³-hybridized carbons (Fsp3) is 0.400. The van der Waals surface area contributed by atoms with Crippen LogP contribution in [0.1, 0.15) is 23.9 Å². The quantitative estimate of drug-likeness (QED) is 0.917. The van der Waals surface area contributed by atoms with Crippen molar-refractivity contribution in [2.45, 2.75) is 27.3 Å². The average molecular weight is 261 g/mol. The van der Waals surface area contributed by atoms with Gasteiger partial charge in [-0.1, -0.05) is 13.0 Å². The van der Waals surface area contributed by atoms with Crippen LogP contribution in [-0.4, -0.2) is 16.3 Å². The summed E-state index contributed by atoms with van der Waals surface area (Å²) in [7, 11) is 1.93. The molecule has 0 saturated carbocycles. The summed E-state index contributed by atoms with van der Waals surface area (Å²) in [6, 6.07) is 5.27. The third kappa shape index (κ3) is 2.68. The Morgan fingerprint density at radius 1 is 1.32 bits per heavy atom. The van der Waals surface area contributed by atoms with Crippen molar-refractivity contribution in [2.24, 2.45) is 7.05 Å². The van der Waals surface area contributed by atoms with Crippen LogP contribution in [0.15, 0.2) is 18.2 Å². The van der Waals surface area contributed by atoms with Crippen LogP contribution in [0.5, 0.6) is 0 Å². The second-order valence-electron chi connectivity index (χ2n) is 4.76. The number of benzene rings is 1. The third-order valence-electron chi connectivity index (χ3n) is 3.41. The lowest BCUT2D eigenvalue weighted by Gasteiger charge is -2.08. The van der Waals surface area contributed by atoms with Crippen LogP contribution in [0.25, 0.3) is 11.1 Å². The maximum absolute atomic E-state index is 13.8. The zero-order valence-corrected chi connectivity index (χ0v) is 11.9. The van der Waals surface area contributed by atoms with Crippen LogP contribution in [0.2, 0.25) is 0 Å². The molecule has 102 valence electrons. The summed E-state index contributed by atoms with van der Waals surface area (Å²) in [5.41, 5.74) is 4.89. The second-order valence-corrected chi connectivity index (χ2v) is 4.76. The molecule has 1 aromatic carbocycles. The number of nitrogens with one attached hydrogen (secondary N) is 1. The molecule has 0 unspecified atom stereocenters. The van der Waals surface area contributed by atoms with E-state index in [1.807, 2.05) is 44.6 Å². The predicted molar refractivity (Wildman–Crippen MR) is 75.5 cm³/mol. The summed E-state index contributed by atoms with van der Waals surface area (Å²) < 4.78 is 15.6.